The molecule has 2 N–H and O–H groups in total. The van der Waals surface area contributed by atoms with Crippen LogP contribution in [0.15, 0.2) is 0 Å². The van der Waals surface area contributed by atoms with E-state index in [0.29, 0.717) is 6.54 Å². The summed E-state index contributed by atoms with van der Waals surface area (Å²) in [7, 11) is -1.69. The van der Waals surface area contributed by atoms with Gasteiger partial charge in [-0.3, -0.25) is 4.79 Å². The molecule has 0 spiro atoms. The van der Waals surface area contributed by atoms with Crippen molar-refractivity contribution in [3.05, 3.63) is 0 Å². The SMILES string of the molecule is CN(C(=O)CC1CS(=O)(=O)CCN1)C(C)(C)C(=O)O. The highest BCUT2D eigenvalue weighted by Gasteiger charge is 2.36. The van der Waals surface area contributed by atoms with E-state index in [-0.39, 0.29) is 23.8 Å². The first-order valence-corrected chi connectivity index (χ1v) is 7.82. The zero-order valence-corrected chi connectivity index (χ0v) is 12.2. The maximum absolute atomic E-state index is 12.0. The van der Waals surface area contributed by atoms with Gasteiger partial charge in [-0.05, 0) is 13.8 Å². The summed E-state index contributed by atoms with van der Waals surface area (Å²) in [5.41, 5.74) is -1.31. The molecule has 0 radical (unpaired) electrons. The van der Waals surface area contributed by atoms with Crippen molar-refractivity contribution in [3.63, 3.8) is 0 Å². The number of carbonyl (C=O) groups is 2. The molecule has 1 fully saturated rings. The van der Waals surface area contributed by atoms with Crippen LogP contribution in [-0.4, -0.2) is 67.0 Å². The Morgan fingerprint density at radius 1 is 1.42 bits per heavy atom. The summed E-state index contributed by atoms with van der Waals surface area (Å²) in [5, 5.41) is 12.0. The quantitative estimate of drug-likeness (QED) is 0.695. The minimum atomic E-state index is -3.10. The van der Waals surface area contributed by atoms with Crippen LogP contribution in [0.2, 0.25) is 0 Å². The number of carboxylic acids is 1. The van der Waals surface area contributed by atoms with Crippen molar-refractivity contribution in [2.24, 2.45) is 0 Å². The van der Waals surface area contributed by atoms with Crippen LogP contribution >= 0.6 is 0 Å². The predicted octanol–water partition coefficient (Wildman–Crippen LogP) is -0.915. The lowest BCUT2D eigenvalue weighted by Gasteiger charge is -2.33. The van der Waals surface area contributed by atoms with Gasteiger partial charge >= 0.3 is 5.97 Å². The summed E-state index contributed by atoms with van der Waals surface area (Å²) in [6.45, 7) is 3.18. The Hall–Kier alpha value is -1.15. The summed E-state index contributed by atoms with van der Waals surface area (Å²) in [4.78, 5) is 24.2. The summed E-state index contributed by atoms with van der Waals surface area (Å²) in [6, 6.07) is -0.446. The lowest BCUT2D eigenvalue weighted by Crippen LogP contribution is -2.53. The molecule has 0 aromatic rings. The van der Waals surface area contributed by atoms with Gasteiger partial charge in [0.25, 0.3) is 0 Å². The van der Waals surface area contributed by atoms with Gasteiger partial charge < -0.3 is 15.3 Å². The van der Waals surface area contributed by atoms with Gasteiger partial charge in [-0.1, -0.05) is 0 Å². The lowest BCUT2D eigenvalue weighted by atomic mass is 10.0. The Balaban J connectivity index is 2.67. The minimum Gasteiger partial charge on any atom is -0.480 e. The summed E-state index contributed by atoms with van der Waals surface area (Å²) in [6.07, 6.45) is -0.0214. The van der Waals surface area contributed by atoms with Crippen molar-refractivity contribution in [2.75, 3.05) is 25.1 Å². The Bertz CT molecular complexity index is 471. The number of nitrogens with one attached hydrogen (secondary N) is 1. The van der Waals surface area contributed by atoms with Gasteiger partial charge in [0.2, 0.25) is 5.91 Å². The van der Waals surface area contributed by atoms with E-state index in [1.165, 1.54) is 20.9 Å². The predicted molar refractivity (Wildman–Crippen MR) is 69.5 cm³/mol. The van der Waals surface area contributed by atoms with Crippen molar-refractivity contribution in [3.8, 4) is 0 Å². The average Bonchev–Trinajstić information content (AvgIpc) is 2.26. The molecule has 1 rings (SSSR count). The van der Waals surface area contributed by atoms with Crippen molar-refractivity contribution < 1.29 is 23.1 Å². The third kappa shape index (κ3) is 3.90. The second-order valence-corrected chi connectivity index (χ2v) is 7.52. The molecule has 1 heterocycles. The van der Waals surface area contributed by atoms with Crippen molar-refractivity contribution in [1.29, 1.82) is 0 Å². The number of sulfone groups is 1. The van der Waals surface area contributed by atoms with E-state index in [0.717, 1.165) is 4.90 Å². The molecule has 0 aliphatic carbocycles. The number of rotatable bonds is 4. The molecular weight excluding hydrogens is 272 g/mol. The maximum atomic E-state index is 12.0. The molecule has 7 nitrogen and oxygen atoms in total. The second-order valence-electron chi connectivity index (χ2n) is 5.29. The zero-order chi connectivity index (χ0) is 14.8. The highest BCUT2D eigenvalue weighted by molar-refractivity contribution is 7.91. The first-order valence-electron chi connectivity index (χ1n) is 6.00. The fourth-order valence-electron chi connectivity index (χ4n) is 1.80. The zero-order valence-electron chi connectivity index (χ0n) is 11.3. The first-order chi connectivity index (χ1) is 8.56. The standard InChI is InChI=1S/C11H20N2O5S/c1-11(2,10(15)16)13(3)9(14)6-8-7-19(17,18)5-4-12-8/h8,12H,4-7H2,1-3H3,(H,15,16). The van der Waals surface area contributed by atoms with Gasteiger partial charge in [0.15, 0.2) is 9.84 Å². The first kappa shape index (κ1) is 15.9. The van der Waals surface area contributed by atoms with Crippen LogP contribution in [0, 0.1) is 0 Å². The van der Waals surface area contributed by atoms with E-state index in [1.807, 2.05) is 0 Å². The molecule has 110 valence electrons. The molecule has 1 unspecified atom stereocenters. The number of nitrogens with zero attached hydrogens (tertiary/aromatic N) is 1. The summed E-state index contributed by atoms with van der Waals surface area (Å²) >= 11 is 0. The van der Waals surface area contributed by atoms with Crippen LogP contribution in [0.1, 0.15) is 20.3 Å². The largest absolute Gasteiger partial charge is 0.480 e. The van der Waals surface area contributed by atoms with Crippen molar-refractivity contribution >= 4 is 21.7 Å². The third-order valence-electron chi connectivity index (χ3n) is 3.46. The van der Waals surface area contributed by atoms with E-state index in [4.69, 9.17) is 5.11 Å². The van der Waals surface area contributed by atoms with E-state index in [1.54, 1.807) is 0 Å². The van der Waals surface area contributed by atoms with Crippen LogP contribution in [-0.2, 0) is 19.4 Å². The molecule has 0 aromatic heterocycles. The van der Waals surface area contributed by atoms with Gasteiger partial charge in [-0.2, -0.15) is 0 Å². The Morgan fingerprint density at radius 2 is 2.00 bits per heavy atom. The smallest absolute Gasteiger partial charge is 0.329 e. The molecule has 1 aliphatic rings. The van der Waals surface area contributed by atoms with Gasteiger partial charge in [0, 0.05) is 26.1 Å². The van der Waals surface area contributed by atoms with Crippen molar-refractivity contribution in [2.45, 2.75) is 31.8 Å². The number of hydrogen-bond donors (Lipinski definition) is 2. The molecule has 19 heavy (non-hydrogen) atoms. The number of likely N-dealkylation sites (N-methyl/N-ethyl adjacent to an activating group) is 1. The average molecular weight is 292 g/mol. The van der Waals surface area contributed by atoms with Crippen LogP contribution < -0.4 is 5.32 Å². The minimum absolute atomic E-state index is 0.0214. The van der Waals surface area contributed by atoms with Crippen LogP contribution in [0.25, 0.3) is 0 Å². The monoisotopic (exact) mass is 292 g/mol. The van der Waals surface area contributed by atoms with Crippen LogP contribution in [0.3, 0.4) is 0 Å². The van der Waals surface area contributed by atoms with Gasteiger partial charge in [-0.25, -0.2) is 13.2 Å². The number of carboxylic acid groups (broad SMARTS) is 1. The van der Waals surface area contributed by atoms with Gasteiger partial charge in [0.1, 0.15) is 5.54 Å². The molecule has 1 atom stereocenters. The van der Waals surface area contributed by atoms with Crippen molar-refractivity contribution in [1.82, 2.24) is 10.2 Å². The van der Waals surface area contributed by atoms with E-state index in [9.17, 15) is 18.0 Å². The molecular formula is C11H20N2O5S. The summed E-state index contributed by atoms with van der Waals surface area (Å²) < 4.78 is 22.9. The fraction of sp³-hybridized carbons (Fsp3) is 0.818. The number of hydrogen-bond acceptors (Lipinski definition) is 5. The highest BCUT2D eigenvalue weighted by Crippen LogP contribution is 2.15. The van der Waals surface area contributed by atoms with Gasteiger partial charge in [0.05, 0.1) is 11.5 Å². The normalized spacial score (nSPS) is 22.8. The number of carbonyl (C=O) groups excluding carboxylic acids is 1. The van der Waals surface area contributed by atoms with E-state index >= 15 is 0 Å². The van der Waals surface area contributed by atoms with Crippen LogP contribution in [0.5, 0.6) is 0 Å². The highest BCUT2D eigenvalue weighted by atomic mass is 32.2. The van der Waals surface area contributed by atoms with Crippen LogP contribution in [0.4, 0.5) is 0 Å². The maximum Gasteiger partial charge on any atom is 0.329 e. The molecule has 1 aliphatic heterocycles. The Kier molecular flexibility index (Phi) is 4.57. The Labute approximate surface area is 112 Å². The third-order valence-corrected chi connectivity index (χ3v) is 5.19. The van der Waals surface area contributed by atoms with Gasteiger partial charge in [-0.15, -0.1) is 0 Å². The van der Waals surface area contributed by atoms with E-state index in [2.05, 4.69) is 5.32 Å². The molecule has 8 heteroatoms. The summed E-state index contributed by atoms with van der Waals surface area (Å²) in [5.74, 6) is -1.50. The fourth-order valence-corrected chi connectivity index (χ4v) is 3.25. The molecule has 0 bridgehead atoms. The number of aliphatic carboxylic acids is 1. The Morgan fingerprint density at radius 3 is 2.47 bits per heavy atom. The lowest BCUT2D eigenvalue weighted by molar-refractivity contribution is -0.155. The molecule has 0 aromatic carbocycles. The number of amides is 1. The second kappa shape index (κ2) is 5.46. The molecule has 1 saturated heterocycles. The molecule has 1 amide bonds. The molecule has 0 saturated carbocycles. The van der Waals surface area contributed by atoms with E-state index < -0.39 is 27.4 Å². The topological polar surface area (TPSA) is 104 Å².